The van der Waals surface area contributed by atoms with Gasteiger partial charge in [0, 0.05) is 11.6 Å². The fraction of sp³-hybridized carbons (Fsp3) is 0.333. The van der Waals surface area contributed by atoms with E-state index in [0.717, 1.165) is 6.08 Å². The van der Waals surface area contributed by atoms with Crippen molar-refractivity contribution in [2.45, 2.75) is 20.0 Å². The molecule has 108 valence electrons. The largest absolute Gasteiger partial charge is 0.493 e. The molecule has 0 saturated carbocycles. The molecule has 1 aromatic rings. The summed E-state index contributed by atoms with van der Waals surface area (Å²) in [4.78, 5) is 23.2. The average molecular weight is 278 g/mol. The van der Waals surface area contributed by atoms with E-state index >= 15 is 0 Å². The Morgan fingerprint density at radius 3 is 2.25 bits per heavy atom. The highest BCUT2D eigenvalue weighted by molar-refractivity contribution is 6.07. The topological polar surface area (TPSA) is 61.8 Å². The molecule has 0 radical (unpaired) electrons. The third-order valence-electron chi connectivity index (χ3n) is 2.39. The molecule has 5 heteroatoms. The van der Waals surface area contributed by atoms with Crippen molar-refractivity contribution in [1.29, 1.82) is 0 Å². The predicted octanol–water partition coefficient (Wildman–Crippen LogP) is 2.39. The van der Waals surface area contributed by atoms with Gasteiger partial charge in [-0.2, -0.15) is 0 Å². The Hall–Kier alpha value is -2.30. The molecule has 0 aromatic heterocycles. The zero-order chi connectivity index (χ0) is 15.1. The number of hydrogen-bond acceptors (Lipinski definition) is 5. The number of hydrogen-bond donors (Lipinski definition) is 0. The van der Waals surface area contributed by atoms with Crippen molar-refractivity contribution >= 4 is 11.8 Å². The molecule has 0 heterocycles. The monoisotopic (exact) mass is 278 g/mol. The van der Waals surface area contributed by atoms with Crippen molar-refractivity contribution in [2.75, 3.05) is 14.2 Å². The molecule has 1 aromatic carbocycles. The smallest absolute Gasteiger partial charge is 0.331 e. The normalized spacial score (nSPS) is 10.7. The van der Waals surface area contributed by atoms with Crippen LogP contribution in [0.2, 0.25) is 0 Å². The molecule has 0 aliphatic rings. The average Bonchev–Trinajstić information content (AvgIpc) is 2.43. The van der Waals surface area contributed by atoms with Crippen molar-refractivity contribution in [2.24, 2.45) is 0 Å². The number of benzene rings is 1. The van der Waals surface area contributed by atoms with Crippen LogP contribution in [0.5, 0.6) is 11.5 Å². The third-order valence-corrected chi connectivity index (χ3v) is 2.39. The Morgan fingerprint density at radius 2 is 1.70 bits per heavy atom. The minimum atomic E-state index is -0.547. The second-order valence-electron chi connectivity index (χ2n) is 4.25. The maximum Gasteiger partial charge on any atom is 0.331 e. The number of methoxy groups -OCH3 is 2. The van der Waals surface area contributed by atoms with E-state index in [-0.39, 0.29) is 11.9 Å². The molecule has 5 nitrogen and oxygen atoms in total. The molecule has 20 heavy (non-hydrogen) atoms. The third kappa shape index (κ3) is 4.42. The van der Waals surface area contributed by atoms with Gasteiger partial charge in [-0.1, -0.05) is 0 Å². The fourth-order valence-corrected chi connectivity index (χ4v) is 1.50. The number of ketones is 1. The summed E-state index contributed by atoms with van der Waals surface area (Å²) in [5.74, 6) is 0.129. The van der Waals surface area contributed by atoms with Gasteiger partial charge in [0.2, 0.25) is 0 Å². The van der Waals surface area contributed by atoms with Crippen LogP contribution in [0.4, 0.5) is 0 Å². The molecule has 0 fully saturated rings. The fourth-order valence-electron chi connectivity index (χ4n) is 1.50. The Balaban J connectivity index is 2.82. The van der Waals surface area contributed by atoms with Crippen molar-refractivity contribution in [1.82, 2.24) is 0 Å². The van der Waals surface area contributed by atoms with Crippen LogP contribution < -0.4 is 9.47 Å². The lowest BCUT2D eigenvalue weighted by molar-refractivity contribution is -0.141. The quantitative estimate of drug-likeness (QED) is 0.454. The lowest BCUT2D eigenvalue weighted by Crippen LogP contribution is -2.09. The molecular weight excluding hydrogens is 260 g/mol. The lowest BCUT2D eigenvalue weighted by Gasteiger charge is -2.08. The molecule has 0 amide bonds. The summed E-state index contributed by atoms with van der Waals surface area (Å²) in [5.41, 5.74) is 0.399. The van der Waals surface area contributed by atoms with E-state index < -0.39 is 5.97 Å². The van der Waals surface area contributed by atoms with Gasteiger partial charge in [-0.3, -0.25) is 4.79 Å². The summed E-state index contributed by atoms with van der Waals surface area (Å²) in [5, 5.41) is 0. The first-order chi connectivity index (χ1) is 9.47. The maximum absolute atomic E-state index is 11.9. The molecule has 0 spiro atoms. The second-order valence-corrected chi connectivity index (χ2v) is 4.25. The van der Waals surface area contributed by atoms with E-state index in [0.29, 0.717) is 17.1 Å². The van der Waals surface area contributed by atoms with Gasteiger partial charge in [0.1, 0.15) is 0 Å². The first-order valence-corrected chi connectivity index (χ1v) is 6.13. The summed E-state index contributed by atoms with van der Waals surface area (Å²) in [6, 6.07) is 4.79. The summed E-state index contributed by atoms with van der Waals surface area (Å²) < 4.78 is 15.1. The Bertz CT molecular complexity index is 517. The van der Waals surface area contributed by atoms with E-state index in [9.17, 15) is 9.59 Å². The van der Waals surface area contributed by atoms with Gasteiger partial charge in [0.25, 0.3) is 0 Å². The van der Waals surface area contributed by atoms with E-state index in [1.165, 1.54) is 20.3 Å². The van der Waals surface area contributed by atoms with Gasteiger partial charge >= 0.3 is 5.97 Å². The van der Waals surface area contributed by atoms with Crippen LogP contribution in [0.3, 0.4) is 0 Å². The standard InChI is InChI=1S/C15H18O5/c1-10(2)20-15(17)8-6-12(16)11-5-7-13(18-3)14(9-11)19-4/h5-10H,1-4H3/b8-6+. The van der Waals surface area contributed by atoms with Crippen LogP contribution in [0.25, 0.3) is 0 Å². The number of allylic oxidation sites excluding steroid dienone is 1. The van der Waals surface area contributed by atoms with Gasteiger partial charge < -0.3 is 14.2 Å². The van der Waals surface area contributed by atoms with Crippen molar-refractivity contribution in [3.8, 4) is 11.5 Å². The molecule has 0 aliphatic heterocycles. The summed E-state index contributed by atoms with van der Waals surface area (Å²) in [6.07, 6.45) is 2.06. The van der Waals surface area contributed by atoms with Gasteiger partial charge in [-0.25, -0.2) is 4.79 Å². The zero-order valence-corrected chi connectivity index (χ0v) is 12.0. The number of esters is 1. The first-order valence-electron chi connectivity index (χ1n) is 6.13. The van der Waals surface area contributed by atoms with Crippen LogP contribution in [0.15, 0.2) is 30.4 Å². The van der Waals surface area contributed by atoms with Crippen LogP contribution in [0.1, 0.15) is 24.2 Å². The summed E-state index contributed by atoms with van der Waals surface area (Å²) in [7, 11) is 3.00. The molecule has 0 saturated heterocycles. The van der Waals surface area contributed by atoms with Gasteiger partial charge in [-0.15, -0.1) is 0 Å². The number of carbonyl (C=O) groups excluding carboxylic acids is 2. The summed E-state index contributed by atoms with van der Waals surface area (Å²) >= 11 is 0. The van der Waals surface area contributed by atoms with Crippen molar-refractivity contribution in [3.63, 3.8) is 0 Å². The first kappa shape index (κ1) is 15.8. The van der Waals surface area contributed by atoms with E-state index in [1.807, 2.05) is 0 Å². The highest BCUT2D eigenvalue weighted by Crippen LogP contribution is 2.27. The Kier molecular flexibility index (Phi) is 5.77. The van der Waals surface area contributed by atoms with E-state index in [1.54, 1.807) is 32.0 Å². The molecule has 0 bridgehead atoms. The van der Waals surface area contributed by atoms with Crippen molar-refractivity contribution < 1.29 is 23.8 Å². The number of carbonyl (C=O) groups is 2. The Morgan fingerprint density at radius 1 is 1.05 bits per heavy atom. The minimum Gasteiger partial charge on any atom is -0.493 e. The second kappa shape index (κ2) is 7.33. The van der Waals surface area contributed by atoms with Gasteiger partial charge in [0.15, 0.2) is 17.3 Å². The minimum absolute atomic E-state index is 0.219. The maximum atomic E-state index is 11.9. The zero-order valence-electron chi connectivity index (χ0n) is 12.0. The van der Waals surface area contributed by atoms with Crippen molar-refractivity contribution in [3.05, 3.63) is 35.9 Å². The highest BCUT2D eigenvalue weighted by Gasteiger charge is 2.09. The van der Waals surface area contributed by atoms with E-state index in [4.69, 9.17) is 14.2 Å². The molecule has 0 atom stereocenters. The van der Waals surface area contributed by atoms with Crippen LogP contribution in [-0.2, 0) is 9.53 Å². The molecule has 0 aliphatic carbocycles. The van der Waals surface area contributed by atoms with Crippen LogP contribution >= 0.6 is 0 Å². The SMILES string of the molecule is COc1ccc(C(=O)/C=C/C(=O)OC(C)C)cc1OC. The van der Waals surface area contributed by atoms with Crippen LogP contribution in [0, 0.1) is 0 Å². The number of ether oxygens (including phenoxy) is 3. The van der Waals surface area contributed by atoms with Crippen LogP contribution in [-0.4, -0.2) is 32.1 Å². The van der Waals surface area contributed by atoms with Gasteiger partial charge in [0.05, 0.1) is 20.3 Å². The Labute approximate surface area is 118 Å². The van der Waals surface area contributed by atoms with Gasteiger partial charge in [-0.05, 0) is 38.1 Å². The molecule has 0 unspecified atom stereocenters. The highest BCUT2D eigenvalue weighted by atomic mass is 16.5. The number of rotatable bonds is 6. The molecule has 0 N–H and O–H groups in total. The van der Waals surface area contributed by atoms with E-state index in [2.05, 4.69) is 0 Å². The summed E-state index contributed by atoms with van der Waals surface area (Å²) in [6.45, 7) is 3.48. The lowest BCUT2D eigenvalue weighted by atomic mass is 10.1. The molecular formula is C15H18O5. The molecule has 1 rings (SSSR count). The predicted molar refractivity (Wildman–Crippen MR) is 74.2 cm³/mol.